The van der Waals surface area contributed by atoms with Gasteiger partial charge < -0.3 is 20.1 Å². The molecule has 2 aromatic heterocycles. The Morgan fingerprint density at radius 2 is 1.59 bits per heavy atom. The normalized spacial score (nSPS) is 15.1. The fraction of sp³-hybridized carbons (Fsp3) is 0.450. The number of rotatable bonds is 15. The lowest BCUT2D eigenvalue weighted by atomic mass is 10.0. The van der Waals surface area contributed by atoms with Crippen LogP contribution in [0.4, 0.5) is 0 Å². The van der Waals surface area contributed by atoms with Gasteiger partial charge >= 0.3 is 5.97 Å². The minimum atomic E-state index is -0.923. The molecule has 11 nitrogen and oxygen atoms in total. The van der Waals surface area contributed by atoms with E-state index in [9.17, 15) is 19.5 Å². The van der Waals surface area contributed by atoms with Crippen molar-refractivity contribution in [1.29, 1.82) is 0 Å². The van der Waals surface area contributed by atoms with Crippen LogP contribution in [0.5, 0.6) is 5.75 Å². The van der Waals surface area contributed by atoms with Gasteiger partial charge in [-0.25, -0.2) is 9.97 Å². The van der Waals surface area contributed by atoms with Crippen LogP contribution in [0.1, 0.15) is 87.8 Å². The van der Waals surface area contributed by atoms with Crippen molar-refractivity contribution in [3.8, 4) is 28.3 Å². The van der Waals surface area contributed by atoms with Gasteiger partial charge in [0.1, 0.15) is 11.8 Å². The van der Waals surface area contributed by atoms with Crippen molar-refractivity contribution < 1.29 is 24.2 Å². The van der Waals surface area contributed by atoms with Crippen LogP contribution in [0, 0.1) is 12.8 Å². The molecule has 4 aromatic rings. The van der Waals surface area contributed by atoms with E-state index in [2.05, 4.69) is 27.3 Å². The third-order valence-corrected chi connectivity index (χ3v) is 9.35. The maximum absolute atomic E-state index is 13.8. The molecule has 3 heterocycles. The van der Waals surface area contributed by atoms with E-state index in [1.54, 1.807) is 17.1 Å². The molecule has 11 heteroatoms. The molecule has 2 aromatic carbocycles. The molecular formula is C40H50N6O5. The number of carbonyl (C=O) groups is 3. The molecular weight excluding hydrogens is 644 g/mol. The van der Waals surface area contributed by atoms with Gasteiger partial charge in [0.25, 0.3) is 5.91 Å². The lowest BCUT2D eigenvalue weighted by molar-refractivity contribution is -0.141. The number of nitrogens with one attached hydrogen (secondary N) is 1. The third-order valence-electron chi connectivity index (χ3n) is 9.35. The number of hydrogen-bond donors (Lipinski definition) is 2. The Bertz CT molecular complexity index is 1780. The molecule has 2 amide bonds. The van der Waals surface area contributed by atoms with E-state index in [4.69, 9.17) is 4.74 Å². The third kappa shape index (κ3) is 9.59. The maximum Gasteiger partial charge on any atom is 0.308 e. The molecule has 270 valence electrons. The van der Waals surface area contributed by atoms with Gasteiger partial charge in [0.15, 0.2) is 5.82 Å². The van der Waals surface area contributed by atoms with Crippen molar-refractivity contribution in [3.05, 3.63) is 83.9 Å². The summed E-state index contributed by atoms with van der Waals surface area (Å²) < 4.78 is 7.68. The molecule has 1 saturated heterocycles. The average Bonchev–Trinajstić information content (AvgIpc) is 3.78. The van der Waals surface area contributed by atoms with E-state index < -0.39 is 23.8 Å². The van der Waals surface area contributed by atoms with Crippen molar-refractivity contribution in [2.75, 3.05) is 19.7 Å². The number of carbonyl (C=O) groups excluding carboxylic acids is 2. The van der Waals surface area contributed by atoms with Gasteiger partial charge in [0.05, 0.1) is 29.8 Å². The van der Waals surface area contributed by atoms with Gasteiger partial charge in [-0.05, 0) is 63.8 Å². The number of nitrogens with zero attached hydrogens (tertiary/aromatic N) is 5. The molecule has 2 atom stereocenters. The number of benzene rings is 2. The highest BCUT2D eigenvalue weighted by Gasteiger charge is 2.35. The van der Waals surface area contributed by atoms with E-state index in [0.29, 0.717) is 30.0 Å². The smallest absolute Gasteiger partial charge is 0.308 e. The standard InChI is InChI=1S/C40H50N6O5/c1-6-7-8-9-10-21-51-33-17-15-29(16-18-33)32-23-41-36(42-24-32)30-13-11-28(12-14-30)22-35(38(48)45-20-19-31(26-45)39(49)50)44-37(47)34-25-43-46(27(34)2)40(3,4)5/h11-18,23-25,31,35H,6-10,19-22,26H2,1-5H3,(H,44,47)(H,49,50)/t31-,35-/m0/s1. The average molecular weight is 695 g/mol. The quantitative estimate of drug-likeness (QED) is 0.131. The zero-order valence-electron chi connectivity index (χ0n) is 30.4. The highest BCUT2D eigenvalue weighted by Crippen LogP contribution is 2.25. The maximum atomic E-state index is 13.8. The first-order valence-corrected chi connectivity index (χ1v) is 18.0. The molecule has 1 aliphatic heterocycles. The summed E-state index contributed by atoms with van der Waals surface area (Å²) in [5, 5.41) is 16.9. The predicted molar refractivity (Wildman–Crippen MR) is 196 cm³/mol. The summed E-state index contributed by atoms with van der Waals surface area (Å²) in [6, 6.07) is 14.7. The van der Waals surface area contributed by atoms with Crippen LogP contribution >= 0.6 is 0 Å². The van der Waals surface area contributed by atoms with Crippen LogP contribution in [0.25, 0.3) is 22.5 Å². The SMILES string of the molecule is CCCCCCCOc1ccc(-c2cnc(-c3ccc(C[C@H](NC(=O)c4cnn(C(C)(C)C)c4C)C(=O)N4CC[C@H](C(=O)O)C4)cc3)nc2)cc1. The Balaban J connectivity index is 1.25. The Hall–Kier alpha value is -5.06. The fourth-order valence-electron chi connectivity index (χ4n) is 6.42. The van der Waals surface area contributed by atoms with Crippen LogP contribution in [0.3, 0.4) is 0 Å². The number of aromatic nitrogens is 4. The van der Waals surface area contributed by atoms with Gasteiger partial charge in [-0.3, -0.25) is 19.1 Å². The minimum absolute atomic E-state index is 0.116. The molecule has 0 unspecified atom stereocenters. The summed E-state index contributed by atoms with van der Waals surface area (Å²) in [5.74, 6) is -0.831. The summed E-state index contributed by atoms with van der Waals surface area (Å²) in [6.07, 6.45) is 11.7. The van der Waals surface area contributed by atoms with Crippen molar-refractivity contribution >= 4 is 17.8 Å². The van der Waals surface area contributed by atoms with E-state index in [0.717, 1.165) is 41.0 Å². The summed E-state index contributed by atoms with van der Waals surface area (Å²) in [4.78, 5) is 49.6. The van der Waals surface area contributed by atoms with E-state index in [-0.39, 0.29) is 24.4 Å². The van der Waals surface area contributed by atoms with Crippen molar-refractivity contribution in [3.63, 3.8) is 0 Å². The van der Waals surface area contributed by atoms with Crippen LogP contribution in [0.2, 0.25) is 0 Å². The molecule has 2 N–H and O–H groups in total. The molecule has 0 saturated carbocycles. The van der Waals surface area contributed by atoms with Gasteiger partial charge in [0.2, 0.25) is 5.91 Å². The molecule has 1 aliphatic rings. The van der Waals surface area contributed by atoms with Crippen LogP contribution in [0.15, 0.2) is 67.1 Å². The van der Waals surface area contributed by atoms with Crippen molar-refractivity contribution in [2.24, 2.45) is 5.92 Å². The monoisotopic (exact) mass is 694 g/mol. The van der Waals surface area contributed by atoms with Crippen molar-refractivity contribution in [2.45, 2.75) is 91.1 Å². The van der Waals surface area contributed by atoms with E-state index >= 15 is 0 Å². The summed E-state index contributed by atoms with van der Waals surface area (Å²) in [5.41, 5.74) is 4.30. The molecule has 0 radical (unpaired) electrons. The number of amides is 2. The Kier molecular flexibility index (Phi) is 12.2. The second-order valence-electron chi connectivity index (χ2n) is 14.3. The Morgan fingerprint density at radius 1 is 0.922 bits per heavy atom. The largest absolute Gasteiger partial charge is 0.494 e. The van der Waals surface area contributed by atoms with Crippen molar-refractivity contribution in [1.82, 2.24) is 30.0 Å². The second kappa shape index (κ2) is 16.8. The first kappa shape index (κ1) is 37.2. The highest BCUT2D eigenvalue weighted by atomic mass is 16.5. The fourth-order valence-corrected chi connectivity index (χ4v) is 6.42. The Morgan fingerprint density at radius 3 is 2.20 bits per heavy atom. The van der Waals surface area contributed by atoms with Gasteiger partial charge in [0, 0.05) is 48.7 Å². The number of unbranched alkanes of at least 4 members (excludes halogenated alkanes) is 4. The lowest BCUT2D eigenvalue weighted by Gasteiger charge is -2.25. The topological polar surface area (TPSA) is 140 Å². The van der Waals surface area contributed by atoms with E-state index in [1.165, 1.54) is 36.8 Å². The molecule has 0 aliphatic carbocycles. The first-order chi connectivity index (χ1) is 24.4. The van der Waals surface area contributed by atoms with Gasteiger partial charge in [-0.2, -0.15) is 5.10 Å². The molecule has 51 heavy (non-hydrogen) atoms. The summed E-state index contributed by atoms with van der Waals surface area (Å²) >= 11 is 0. The van der Waals surface area contributed by atoms with Crippen LogP contribution < -0.4 is 10.1 Å². The number of ether oxygens (including phenoxy) is 1. The van der Waals surface area contributed by atoms with E-state index in [1.807, 2.05) is 76.2 Å². The summed E-state index contributed by atoms with van der Waals surface area (Å²) in [6.45, 7) is 11.2. The van der Waals surface area contributed by atoms with Gasteiger partial charge in [-0.15, -0.1) is 0 Å². The van der Waals surface area contributed by atoms with Gasteiger partial charge in [-0.1, -0.05) is 69.0 Å². The zero-order valence-corrected chi connectivity index (χ0v) is 30.4. The number of aliphatic carboxylic acids is 1. The zero-order chi connectivity index (χ0) is 36.5. The minimum Gasteiger partial charge on any atom is -0.494 e. The number of carboxylic acid groups (broad SMARTS) is 1. The number of hydrogen-bond acceptors (Lipinski definition) is 7. The number of likely N-dealkylation sites (tertiary alicyclic amines) is 1. The highest BCUT2D eigenvalue weighted by molar-refractivity contribution is 5.98. The molecule has 0 spiro atoms. The summed E-state index contributed by atoms with van der Waals surface area (Å²) in [7, 11) is 0. The molecule has 5 rings (SSSR count). The first-order valence-electron chi connectivity index (χ1n) is 18.0. The van der Waals surface area contributed by atoms with Crippen LogP contribution in [-0.4, -0.2) is 73.3 Å². The van der Waals surface area contributed by atoms with Crippen LogP contribution in [-0.2, 0) is 21.5 Å². The Labute approximate surface area is 300 Å². The molecule has 1 fully saturated rings. The number of carboxylic acids is 1. The molecule has 0 bridgehead atoms. The second-order valence-corrected chi connectivity index (χ2v) is 14.3. The lowest BCUT2D eigenvalue weighted by Crippen LogP contribution is -2.49. The predicted octanol–water partition coefficient (Wildman–Crippen LogP) is 6.69.